The molecule has 1 N–H and O–H groups in total. The molecule has 1 amide bonds. The number of ketones is 1. The molecule has 2 aliphatic heterocycles. The Bertz CT molecular complexity index is 1060. The van der Waals surface area contributed by atoms with Crippen LogP contribution in [0.3, 0.4) is 0 Å². The van der Waals surface area contributed by atoms with E-state index in [1.54, 1.807) is 48.4 Å². The molecule has 0 spiro atoms. The fourth-order valence-corrected chi connectivity index (χ4v) is 4.37. The molecule has 2 aromatic carbocycles. The van der Waals surface area contributed by atoms with Crippen molar-refractivity contribution in [3.05, 3.63) is 65.2 Å². The molecule has 0 saturated carbocycles. The van der Waals surface area contributed by atoms with Crippen LogP contribution in [0.2, 0.25) is 0 Å². The SMILES string of the molecule is CCOc1cccc(/C(O)=C2\C(=O)C(=O)N(CCN3CCOCC3)C2c2ccc(OC)cc2)c1. The highest BCUT2D eigenvalue weighted by atomic mass is 16.5. The summed E-state index contributed by atoms with van der Waals surface area (Å²) >= 11 is 0. The second kappa shape index (κ2) is 10.7. The van der Waals surface area contributed by atoms with Gasteiger partial charge in [0, 0.05) is 31.7 Å². The zero-order valence-electron chi connectivity index (χ0n) is 19.5. The van der Waals surface area contributed by atoms with Crippen LogP contribution < -0.4 is 9.47 Å². The van der Waals surface area contributed by atoms with Gasteiger partial charge in [0.05, 0.1) is 38.5 Å². The van der Waals surface area contributed by atoms with E-state index >= 15 is 0 Å². The van der Waals surface area contributed by atoms with E-state index in [0.717, 1.165) is 18.7 Å². The maximum Gasteiger partial charge on any atom is 0.295 e. The summed E-state index contributed by atoms with van der Waals surface area (Å²) in [6.45, 7) is 6.18. The molecule has 1 atom stereocenters. The Balaban J connectivity index is 1.73. The van der Waals surface area contributed by atoms with Gasteiger partial charge < -0.3 is 24.2 Å². The van der Waals surface area contributed by atoms with Gasteiger partial charge in [0.15, 0.2) is 0 Å². The highest BCUT2D eigenvalue weighted by Crippen LogP contribution is 2.40. The molecular weight excluding hydrogens is 436 g/mol. The number of likely N-dealkylation sites (tertiary alicyclic amines) is 1. The number of methoxy groups -OCH3 is 1. The number of rotatable bonds is 8. The zero-order chi connectivity index (χ0) is 24.1. The van der Waals surface area contributed by atoms with Gasteiger partial charge in [-0.25, -0.2) is 0 Å². The minimum Gasteiger partial charge on any atom is -0.507 e. The van der Waals surface area contributed by atoms with Crippen molar-refractivity contribution in [2.45, 2.75) is 13.0 Å². The van der Waals surface area contributed by atoms with Crippen molar-refractivity contribution in [1.29, 1.82) is 0 Å². The molecule has 0 radical (unpaired) electrons. The predicted octanol–water partition coefficient (Wildman–Crippen LogP) is 2.85. The molecule has 8 nitrogen and oxygen atoms in total. The fraction of sp³-hybridized carbons (Fsp3) is 0.385. The number of amides is 1. The first-order chi connectivity index (χ1) is 16.5. The Labute approximate surface area is 199 Å². The first-order valence-electron chi connectivity index (χ1n) is 11.5. The molecule has 0 bridgehead atoms. The van der Waals surface area contributed by atoms with Crippen molar-refractivity contribution < 1.29 is 28.9 Å². The summed E-state index contributed by atoms with van der Waals surface area (Å²) in [4.78, 5) is 30.1. The number of carbonyl (C=O) groups is 2. The van der Waals surface area contributed by atoms with Gasteiger partial charge in [0.1, 0.15) is 17.3 Å². The van der Waals surface area contributed by atoms with Crippen molar-refractivity contribution in [3.63, 3.8) is 0 Å². The summed E-state index contributed by atoms with van der Waals surface area (Å²) in [5.41, 5.74) is 1.23. The second-order valence-corrected chi connectivity index (χ2v) is 8.18. The molecule has 34 heavy (non-hydrogen) atoms. The van der Waals surface area contributed by atoms with Crippen LogP contribution in [0.5, 0.6) is 11.5 Å². The smallest absolute Gasteiger partial charge is 0.295 e. The van der Waals surface area contributed by atoms with Crippen molar-refractivity contribution in [1.82, 2.24) is 9.80 Å². The topological polar surface area (TPSA) is 88.5 Å². The summed E-state index contributed by atoms with van der Waals surface area (Å²) < 4.78 is 16.2. The molecule has 2 aromatic rings. The van der Waals surface area contributed by atoms with Gasteiger partial charge in [0.2, 0.25) is 0 Å². The predicted molar refractivity (Wildman–Crippen MR) is 127 cm³/mol. The number of aliphatic hydroxyl groups excluding tert-OH is 1. The quantitative estimate of drug-likeness (QED) is 0.364. The number of hydrogen-bond acceptors (Lipinski definition) is 7. The molecule has 2 heterocycles. The molecule has 2 aliphatic rings. The summed E-state index contributed by atoms with van der Waals surface area (Å²) in [5, 5.41) is 11.2. The van der Waals surface area contributed by atoms with Crippen LogP contribution in [0, 0.1) is 0 Å². The van der Waals surface area contributed by atoms with Crippen molar-refractivity contribution >= 4 is 17.4 Å². The van der Waals surface area contributed by atoms with Gasteiger partial charge in [0.25, 0.3) is 11.7 Å². The Morgan fingerprint density at radius 2 is 1.79 bits per heavy atom. The number of carbonyl (C=O) groups excluding carboxylic acids is 2. The Morgan fingerprint density at radius 1 is 1.06 bits per heavy atom. The van der Waals surface area contributed by atoms with Crippen molar-refractivity contribution in [2.75, 3.05) is 53.1 Å². The van der Waals surface area contributed by atoms with Crippen LogP contribution in [0.15, 0.2) is 54.1 Å². The maximum absolute atomic E-state index is 13.2. The molecule has 4 rings (SSSR count). The summed E-state index contributed by atoms with van der Waals surface area (Å²) in [7, 11) is 1.58. The minimum atomic E-state index is -0.706. The number of ether oxygens (including phenoxy) is 3. The molecule has 2 fully saturated rings. The lowest BCUT2D eigenvalue weighted by molar-refractivity contribution is -0.140. The zero-order valence-corrected chi connectivity index (χ0v) is 19.5. The number of benzene rings is 2. The number of nitrogens with zero attached hydrogens (tertiary/aromatic N) is 2. The maximum atomic E-state index is 13.2. The van der Waals surface area contributed by atoms with Crippen molar-refractivity contribution in [3.8, 4) is 11.5 Å². The lowest BCUT2D eigenvalue weighted by Crippen LogP contribution is -2.42. The van der Waals surface area contributed by atoms with E-state index in [1.807, 2.05) is 19.1 Å². The van der Waals surface area contributed by atoms with E-state index in [9.17, 15) is 14.7 Å². The van der Waals surface area contributed by atoms with E-state index in [2.05, 4.69) is 4.90 Å². The lowest BCUT2D eigenvalue weighted by Gasteiger charge is -2.31. The second-order valence-electron chi connectivity index (χ2n) is 8.18. The van der Waals surface area contributed by atoms with Crippen molar-refractivity contribution in [2.24, 2.45) is 0 Å². The van der Waals surface area contributed by atoms with E-state index in [4.69, 9.17) is 14.2 Å². The molecule has 2 saturated heterocycles. The third-order valence-corrected chi connectivity index (χ3v) is 6.15. The van der Waals surface area contributed by atoms with Gasteiger partial charge in [-0.15, -0.1) is 0 Å². The summed E-state index contributed by atoms with van der Waals surface area (Å²) in [6, 6.07) is 13.4. The van der Waals surface area contributed by atoms with Crippen LogP contribution in [-0.4, -0.2) is 79.7 Å². The molecule has 180 valence electrons. The Morgan fingerprint density at radius 3 is 2.47 bits per heavy atom. The monoisotopic (exact) mass is 466 g/mol. The first-order valence-corrected chi connectivity index (χ1v) is 11.5. The third-order valence-electron chi connectivity index (χ3n) is 6.15. The van der Waals surface area contributed by atoms with Gasteiger partial charge in [-0.05, 0) is 36.8 Å². The number of aliphatic hydroxyl groups is 1. The summed E-state index contributed by atoms with van der Waals surface area (Å²) in [6.07, 6.45) is 0. The van der Waals surface area contributed by atoms with Crippen LogP contribution in [0.1, 0.15) is 24.1 Å². The van der Waals surface area contributed by atoms with Crippen LogP contribution in [-0.2, 0) is 14.3 Å². The molecule has 0 aliphatic carbocycles. The van der Waals surface area contributed by atoms with E-state index in [-0.39, 0.29) is 11.3 Å². The van der Waals surface area contributed by atoms with E-state index < -0.39 is 17.7 Å². The highest BCUT2D eigenvalue weighted by molar-refractivity contribution is 6.46. The molecule has 0 aromatic heterocycles. The third kappa shape index (κ3) is 4.93. The lowest BCUT2D eigenvalue weighted by atomic mass is 9.95. The van der Waals surface area contributed by atoms with Gasteiger partial charge in [-0.3, -0.25) is 14.5 Å². The van der Waals surface area contributed by atoms with Gasteiger partial charge >= 0.3 is 0 Å². The van der Waals surface area contributed by atoms with Gasteiger partial charge in [-0.2, -0.15) is 0 Å². The average molecular weight is 467 g/mol. The Kier molecular flexibility index (Phi) is 7.49. The van der Waals surface area contributed by atoms with Crippen LogP contribution in [0.25, 0.3) is 5.76 Å². The van der Waals surface area contributed by atoms with Crippen LogP contribution >= 0.6 is 0 Å². The first kappa shape index (κ1) is 23.8. The number of morpholine rings is 1. The molecule has 1 unspecified atom stereocenters. The number of hydrogen-bond donors (Lipinski definition) is 1. The average Bonchev–Trinajstić information content (AvgIpc) is 3.13. The van der Waals surface area contributed by atoms with E-state index in [0.29, 0.717) is 50.0 Å². The standard InChI is InChI=1S/C26H30N2O6/c1-3-34-21-6-4-5-19(17-21)24(29)22-23(18-7-9-20(32-2)10-8-18)28(26(31)25(22)30)12-11-27-13-15-33-16-14-27/h4-10,17,23,29H,3,11-16H2,1-2H3/b24-22+. The molecule has 8 heteroatoms. The number of Topliss-reactive ketones (excluding diaryl/α,β-unsaturated/α-hetero) is 1. The fourth-order valence-electron chi connectivity index (χ4n) is 4.37. The largest absolute Gasteiger partial charge is 0.507 e. The van der Waals surface area contributed by atoms with Gasteiger partial charge in [-0.1, -0.05) is 24.3 Å². The highest BCUT2D eigenvalue weighted by Gasteiger charge is 2.46. The molecular formula is C26H30N2O6. The van der Waals surface area contributed by atoms with E-state index in [1.165, 1.54) is 0 Å². The Hall–Kier alpha value is -3.36. The summed E-state index contributed by atoms with van der Waals surface area (Å²) in [5.74, 6) is -0.277. The minimum absolute atomic E-state index is 0.0748. The van der Waals surface area contributed by atoms with Crippen LogP contribution in [0.4, 0.5) is 0 Å². The normalized spacial score (nSPS) is 20.5.